The summed E-state index contributed by atoms with van der Waals surface area (Å²) in [5.41, 5.74) is 2.43. The summed E-state index contributed by atoms with van der Waals surface area (Å²) in [5.74, 6) is 0.790. The van der Waals surface area contributed by atoms with E-state index in [-0.39, 0.29) is 23.8 Å². The van der Waals surface area contributed by atoms with E-state index < -0.39 is 5.92 Å². The summed E-state index contributed by atoms with van der Waals surface area (Å²) >= 11 is 0. The summed E-state index contributed by atoms with van der Waals surface area (Å²) < 4.78 is 16.5. The molecule has 0 unspecified atom stereocenters. The highest BCUT2D eigenvalue weighted by Gasteiger charge is 2.41. The second-order valence-corrected chi connectivity index (χ2v) is 8.36. The number of hydrogen-bond donors (Lipinski definition) is 1. The molecule has 1 N–H and O–H groups in total. The van der Waals surface area contributed by atoms with Gasteiger partial charge in [-0.15, -0.1) is 0 Å². The molecule has 0 aliphatic carbocycles. The maximum Gasteiger partial charge on any atom is 0.254 e. The molecule has 3 rings (SSSR count). The Balaban J connectivity index is 2.01. The summed E-state index contributed by atoms with van der Waals surface area (Å²) in [4.78, 5) is 28.2. The zero-order valence-electron chi connectivity index (χ0n) is 19.6. The van der Waals surface area contributed by atoms with Crippen LogP contribution in [-0.2, 0) is 4.79 Å². The first-order valence-electron chi connectivity index (χ1n) is 10.8. The van der Waals surface area contributed by atoms with Crippen molar-refractivity contribution < 1.29 is 23.8 Å². The molecule has 0 radical (unpaired) electrons. The minimum atomic E-state index is -0.395. The van der Waals surface area contributed by atoms with Crippen molar-refractivity contribution >= 4 is 11.8 Å². The topological polar surface area (TPSA) is 77.1 Å². The van der Waals surface area contributed by atoms with Crippen molar-refractivity contribution in [1.29, 1.82) is 0 Å². The minimum absolute atomic E-state index is 0.00390. The van der Waals surface area contributed by atoms with Gasteiger partial charge in [-0.05, 0) is 50.1 Å². The Morgan fingerprint density at radius 2 is 1.62 bits per heavy atom. The summed E-state index contributed by atoms with van der Waals surface area (Å²) in [5, 5.41) is 3.01. The zero-order chi connectivity index (χ0) is 23.4. The summed E-state index contributed by atoms with van der Waals surface area (Å²) in [7, 11) is 4.68. The summed E-state index contributed by atoms with van der Waals surface area (Å²) in [6, 6.07) is 11.2. The normalized spacial score (nSPS) is 17.9. The number of likely N-dealkylation sites (tertiary alicyclic amines) is 1. The third kappa shape index (κ3) is 4.66. The number of benzene rings is 2. The van der Waals surface area contributed by atoms with Crippen molar-refractivity contribution in [3.05, 3.63) is 53.1 Å². The van der Waals surface area contributed by atoms with E-state index in [2.05, 4.69) is 5.32 Å². The largest absolute Gasteiger partial charge is 0.493 e. The molecule has 7 nitrogen and oxygen atoms in total. The van der Waals surface area contributed by atoms with Crippen LogP contribution in [0.5, 0.6) is 17.2 Å². The second-order valence-electron chi connectivity index (χ2n) is 8.36. The number of methoxy groups -OCH3 is 3. The number of nitrogens with zero attached hydrogens (tertiary/aromatic N) is 1. The Morgan fingerprint density at radius 1 is 1.00 bits per heavy atom. The fourth-order valence-corrected chi connectivity index (χ4v) is 4.26. The lowest BCUT2D eigenvalue weighted by atomic mass is 9.87. The van der Waals surface area contributed by atoms with E-state index in [0.29, 0.717) is 35.9 Å². The number of carbonyl (C=O) groups is 2. The predicted octanol–water partition coefficient (Wildman–Crippen LogP) is 3.40. The molecule has 1 aliphatic heterocycles. The number of amides is 2. The van der Waals surface area contributed by atoms with Crippen molar-refractivity contribution in [1.82, 2.24) is 10.2 Å². The first-order valence-corrected chi connectivity index (χ1v) is 10.8. The molecule has 2 aromatic carbocycles. The van der Waals surface area contributed by atoms with Gasteiger partial charge in [0.25, 0.3) is 5.91 Å². The summed E-state index contributed by atoms with van der Waals surface area (Å²) in [6.07, 6.45) is 0. The van der Waals surface area contributed by atoms with Crippen LogP contribution in [0.25, 0.3) is 0 Å². The average molecular weight is 441 g/mol. The second kappa shape index (κ2) is 9.94. The van der Waals surface area contributed by atoms with E-state index in [4.69, 9.17) is 14.2 Å². The van der Waals surface area contributed by atoms with Crippen LogP contribution < -0.4 is 19.5 Å². The molecule has 1 heterocycles. The Morgan fingerprint density at radius 3 is 2.16 bits per heavy atom. The van der Waals surface area contributed by atoms with E-state index in [1.807, 2.05) is 57.2 Å². The van der Waals surface area contributed by atoms with Gasteiger partial charge < -0.3 is 24.4 Å². The van der Waals surface area contributed by atoms with Crippen molar-refractivity contribution in [2.75, 3.05) is 34.4 Å². The van der Waals surface area contributed by atoms with Gasteiger partial charge in [0.15, 0.2) is 11.5 Å². The molecule has 172 valence electrons. The van der Waals surface area contributed by atoms with Crippen molar-refractivity contribution in [2.45, 2.75) is 32.7 Å². The third-order valence-electron chi connectivity index (χ3n) is 5.87. The average Bonchev–Trinajstić information content (AvgIpc) is 3.23. The van der Waals surface area contributed by atoms with Crippen LogP contribution >= 0.6 is 0 Å². The van der Waals surface area contributed by atoms with E-state index >= 15 is 0 Å². The van der Waals surface area contributed by atoms with Gasteiger partial charge in [0.2, 0.25) is 11.7 Å². The monoisotopic (exact) mass is 440 g/mol. The number of nitrogens with one attached hydrogen (secondary N) is 1. The van der Waals surface area contributed by atoms with Crippen LogP contribution in [-0.4, -0.2) is 57.2 Å². The Labute approximate surface area is 189 Å². The van der Waals surface area contributed by atoms with Gasteiger partial charge in [0.1, 0.15) is 0 Å². The lowest BCUT2D eigenvalue weighted by Crippen LogP contribution is -2.39. The van der Waals surface area contributed by atoms with Crippen LogP contribution in [0.2, 0.25) is 0 Å². The van der Waals surface area contributed by atoms with Gasteiger partial charge in [0.05, 0.1) is 27.2 Å². The van der Waals surface area contributed by atoms with E-state index in [1.54, 1.807) is 26.2 Å². The maximum absolute atomic E-state index is 13.3. The highest BCUT2D eigenvalue weighted by atomic mass is 16.5. The maximum atomic E-state index is 13.3. The fraction of sp³-hybridized carbons (Fsp3) is 0.440. The molecule has 0 spiro atoms. The molecule has 1 fully saturated rings. The Bertz CT molecular complexity index is 963. The van der Waals surface area contributed by atoms with Gasteiger partial charge in [-0.25, -0.2) is 0 Å². The van der Waals surface area contributed by atoms with Crippen LogP contribution in [0, 0.1) is 12.8 Å². The fourth-order valence-electron chi connectivity index (χ4n) is 4.26. The van der Waals surface area contributed by atoms with Crippen LogP contribution in [0.1, 0.15) is 41.3 Å². The summed E-state index contributed by atoms with van der Waals surface area (Å²) in [6.45, 7) is 6.53. The molecular formula is C25H32N2O5. The smallest absolute Gasteiger partial charge is 0.254 e. The van der Waals surface area contributed by atoms with Gasteiger partial charge in [-0.2, -0.15) is 0 Å². The predicted molar refractivity (Wildman–Crippen MR) is 123 cm³/mol. The minimum Gasteiger partial charge on any atom is -0.493 e. The van der Waals surface area contributed by atoms with Gasteiger partial charge in [-0.3, -0.25) is 9.59 Å². The molecule has 0 bridgehead atoms. The van der Waals surface area contributed by atoms with E-state index in [1.165, 1.54) is 0 Å². The van der Waals surface area contributed by atoms with Crippen molar-refractivity contribution in [3.63, 3.8) is 0 Å². The Kier molecular flexibility index (Phi) is 7.28. The standard InChI is InChI=1S/C25H32N2O5/c1-15(2)26-24(28)20-14-27(25(29)18-10-8-7-9-16(18)3)13-19(20)17-11-21(30-4)23(32-6)22(12-17)31-5/h7-12,15,19-20H,13-14H2,1-6H3,(H,26,28)/t19-,20+/m1/s1. The van der Waals surface area contributed by atoms with Crippen molar-refractivity contribution in [2.24, 2.45) is 5.92 Å². The highest BCUT2D eigenvalue weighted by molar-refractivity contribution is 5.96. The quantitative estimate of drug-likeness (QED) is 0.714. The van der Waals surface area contributed by atoms with Gasteiger partial charge >= 0.3 is 0 Å². The molecule has 2 atom stereocenters. The molecular weight excluding hydrogens is 408 g/mol. The molecule has 2 amide bonds. The third-order valence-corrected chi connectivity index (χ3v) is 5.87. The first kappa shape index (κ1) is 23.4. The van der Waals surface area contributed by atoms with Crippen LogP contribution in [0.3, 0.4) is 0 Å². The van der Waals surface area contributed by atoms with E-state index in [9.17, 15) is 9.59 Å². The number of carbonyl (C=O) groups excluding carboxylic acids is 2. The van der Waals surface area contributed by atoms with Gasteiger partial charge in [-0.1, -0.05) is 18.2 Å². The lowest BCUT2D eigenvalue weighted by molar-refractivity contribution is -0.125. The number of rotatable bonds is 7. The molecule has 7 heteroatoms. The van der Waals surface area contributed by atoms with Crippen LogP contribution in [0.15, 0.2) is 36.4 Å². The molecule has 2 aromatic rings. The van der Waals surface area contributed by atoms with E-state index in [0.717, 1.165) is 11.1 Å². The van der Waals surface area contributed by atoms with Crippen molar-refractivity contribution in [3.8, 4) is 17.2 Å². The SMILES string of the molecule is COc1cc([C@H]2CN(C(=O)c3ccccc3C)C[C@@H]2C(=O)NC(C)C)cc(OC)c1OC. The number of ether oxygens (including phenoxy) is 3. The molecule has 0 aromatic heterocycles. The Hall–Kier alpha value is -3.22. The van der Waals surface area contributed by atoms with Gasteiger partial charge in [0, 0.05) is 30.6 Å². The molecule has 0 saturated carbocycles. The molecule has 1 saturated heterocycles. The molecule has 32 heavy (non-hydrogen) atoms. The van der Waals surface area contributed by atoms with Crippen LogP contribution in [0.4, 0.5) is 0 Å². The number of hydrogen-bond acceptors (Lipinski definition) is 5. The first-order chi connectivity index (χ1) is 15.3. The zero-order valence-corrected chi connectivity index (χ0v) is 19.6. The lowest BCUT2D eigenvalue weighted by Gasteiger charge is -2.21. The molecule has 1 aliphatic rings. The number of aryl methyl sites for hydroxylation is 1. The highest BCUT2D eigenvalue weighted by Crippen LogP contribution is 2.43.